The summed E-state index contributed by atoms with van der Waals surface area (Å²) in [4.78, 5) is 0. The Bertz CT molecular complexity index is 1320. The minimum atomic E-state index is 0.157. The summed E-state index contributed by atoms with van der Waals surface area (Å²) in [6.45, 7) is 16.1. The summed E-state index contributed by atoms with van der Waals surface area (Å²) in [5, 5.41) is 2.74. The van der Waals surface area contributed by atoms with E-state index in [-0.39, 0.29) is 10.8 Å². The molecule has 0 N–H and O–H groups in total. The lowest BCUT2D eigenvalue weighted by molar-refractivity contribution is 0.589. The number of aryl methyl sites for hydroxylation is 1. The van der Waals surface area contributed by atoms with Gasteiger partial charge in [0.2, 0.25) is 0 Å². The summed E-state index contributed by atoms with van der Waals surface area (Å²) in [7, 11) is 2.21. The number of benzene rings is 3. The smallest absolute Gasteiger partial charge is 0.0495 e. The summed E-state index contributed by atoms with van der Waals surface area (Å²) >= 11 is 0. The molecular formula is C29H33N. The van der Waals surface area contributed by atoms with Crippen molar-refractivity contribution in [2.45, 2.75) is 65.2 Å². The Hall–Kier alpha value is -2.54. The molecular weight excluding hydrogens is 362 g/mol. The van der Waals surface area contributed by atoms with Crippen LogP contribution in [0, 0.1) is 0 Å². The van der Waals surface area contributed by atoms with Gasteiger partial charge in [-0.1, -0.05) is 78.8 Å². The topological polar surface area (TPSA) is 4.93 Å². The van der Waals surface area contributed by atoms with Gasteiger partial charge < -0.3 is 4.57 Å². The minimum absolute atomic E-state index is 0.157. The molecule has 1 heterocycles. The van der Waals surface area contributed by atoms with E-state index in [1.807, 2.05) is 0 Å². The summed E-state index contributed by atoms with van der Waals surface area (Å²) in [5.74, 6) is 0.436. The molecule has 1 aromatic heterocycles. The second kappa shape index (κ2) is 6.00. The average molecular weight is 396 g/mol. The molecule has 154 valence electrons. The predicted octanol–water partition coefficient (Wildman–Crippen LogP) is 8.06. The van der Waals surface area contributed by atoms with Crippen LogP contribution in [0.25, 0.3) is 32.9 Å². The van der Waals surface area contributed by atoms with E-state index in [0.29, 0.717) is 5.92 Å². The van der Waals surface area contributed by atoms with Gasteiger partial charge in [-0.05, 0) is 62.4 Å². The summed E-state index contributed by atoms with van der Waals surface area (Å²) in [6, 6.07) is 19.0. The number of aromatic nitrogens is 1. The average Bonchev–Trinajstić information content (AvgIpc) is 3.11. The molecule has 0 saturated heterocycles. The Morgan fingerprint density at radius 3 is 1.87 bits per heavy atom. The molecule has 3 aromatic carbocycles. The zero-order valence-corrected chi connectivity index (χ0v) is 19.6. The second-order valence-electron chi connectivity index (χ2n) is 11.3. The highest BCUT2D eigenvalue weighted by molar-refractivity contribution is 6.10. The van der Waals surface area contributed by atoms with Crippen LogP contribution in [0.3, 0.4) is 0 Å². The quantitative estimate of drug-likeness (QED) is 0.284. The van der Waals surface area contributed by atoms with E-state index in [9.17, 15) is 0 Å². The van der Waals surface area contributed by atoms with Crippen LogP contribution in [0.15, 0.2) is 48.5 Å². The van der Waals surface area contributed by atoms with E-state index >= 15 is 0 Å². The van der Waals surface area contributed by atoms with Crippen molar-refractivity contribution in [3.63, 3.8) is 0 Å². The van der Waals surface area contributed by atoms with Gasteiger partial charge in [-0.2, -0.15) is 0 Å². The Morgan fingerprint density at radius 2 is 1.20 bits per heavy atom. The molecule has 1 atom stereocenters. The highest BCUT2D eigenvalue weighted by Gasteiger charge is 2.29. The van der Waals surface area contributed by atoms with Crippen molar-refractivity contribution in [2.75, 3.05) is 0 Å². The number of hydrogen-bond acceptors (Lipinski definition) is 0. The van der Waals surface area contributed by atoms with Crippen LogP contribution >= 0.6 is 0 Å². The van der Waals surface area contributed by atoms with Crippen LogP contribution in [0.2, 0.25) is 0 Å². The van der Waals surface area contributed by atoms with E-state index in [1.165, 1.54) is 55.2 Å². The van der Waals surface area contributed by atoms with Gasteiger partial charge >= 0.3 is 0 Å². The monoisotopic (exact) mass is 395 g/mol. The fraction of sp³-hybridized carbons (Fsp3) is 0.379. The molecule has 1 heteroatoms. The fourth-order valence-corrected chi connectivity index (χ4v) is 5.12. The van der Waals surface area contributed by atoms with Crippen LogP contribution in [-0.2, 0) is 17.9 Å². The normalized spacial score (nSPS) is 16.3. The van der Waals surface area contributed by atoms with Crippen LogP contribution < -0.4 is 0 Å². The van der Waals surface area contributed by atoms with Crippen LogP contribution in [0.5, 0.6) is 0 Å². The highest BCUT2D eigenvalue weighted by Crippen LogP contribution is 2.48. The molecule has 1 unspecified atom stereocenters. The van der Waals surface area contributed by atoms with Crippen molar-refractivity contribution in [1.82, 2.24) is 4.57 Å². The lowest BCUT2D eigenvalue weighted by atomic mass is 9.84. The van der Waals surface area contributed by atoms with E-state index in [1.54, 1.807) is 0 Å². The van der Waals surface area contributed by atoms with Crippen molar-refractivity contribution < 1.29 is 0 Å². The van der Waals surface area contributed by atoms with Crippen molar-refractivity contribution in [3.05, 3.63) is 70.8 Å². The first-order valence-electron chi connectivity index (χ1n) is 11.2. The molecule has 0 bridgehead atoms. The second-order valence-corrected chi connectivity index (χ2v) is 11.3. The van der Waals surface area contributed by atoms with Gasteiger partial charge in [-0.15, -0.1) is 0 Å². The molecule has 4 aromatic rings. The van der Waals surface area contributed by atoms with Gasteiger partial charge in [0.1, 0.15) is 0 Å². The molecule has 1 aliphatic carbocycles. The summed E-state index contributed by atoms with van der Waals surface area (Å²) in [5.41, 5.74) is 11.6. The van der Waals surface area contributed by atoms with Crippen molar-refractivity contribution >= 4 is 21.8 Å². The molecule has 0 fully saturated rings. The number of nitrogens with zero attached hydrogens (tertiary/aromatic N) is 1. The van der Waals surface area contributed by atoms with Gasteiger partial charge in [-0.25, -0.2) is 0 Å². The highest BCUT2D eigenvalue weighted by atomic mass is 14.9. The lowest BCUT2D eigenvalue weighted by Crippen LogP contribution is -2.11. The predicted molar refractivity (Wildman–Crippen MR) is 131 cm³/mol. The molecule has 5 rings (SSSR count). The number of fused-ring (bicyclic) bond motifs is 6. The molecule has 0 radical (unpaired) electrons. The largest absolute Gasteiger partial charge is 0.344 e. The minimum Gasteiger partial charge on any atom is -0.344 e. The molecule has 30 heavy (non-hydrogen) atoms. The third-order valence-corrected chi connectivity index (χ3v) is 7.19. The third kappa shape index (κ3) is 2.68. The Balaban J connectivity index is 1.76. The fourth-order valence-electron chi connectivity index (χ4n) is 5.12. The molecule has 0 saturated carbocycles. The molecule has 0 amide bonds. The maximum Gasteiger partial charge on any atom is 0.0495 e. The van der Waals surface area contributed by atoms with Crippen molar-refractivity contribution in [2.24, 2.45) is 7.05 Å². The van der Waals surface area contributed by atoms with E-state index < -0.39 is 0 Å². The standard InChI is InChI=1S/C29H33N/c1-17-22-13-18(28(2,3)4)9-11-20(22)24-16-27-25(15-23(17)24)21-12-10-19(29(5,6)7)14-26(21)30(27)8/h9-17H,1-8H3. The summed E-state index contributed by atoms with van der Waals surface area (Å²) < 4.78 is 2.38. The SMILES string of the molecule is CC1c2cc(C(C)(C)C)ccc2-c2cc3c(cc21)c1ccc(C(C)(C)C)cc1n3C. The number of hydrogen-bond donors (Lipinski definition) is 0. The first-order chi connectivity index (χ1) is 14.0. The molecule has 1 nitrogen and oxygen atoms in total. The number of rotatable bonds is 0. The van der Waals surface area contributed by atoms with Crippen LogP contribution in [-0.4, -0.2) is 4.57 Å². The molecule has 1 aliphatic rings. The van der Waals surface area contributed by atoms with E-state index in [0.717, 1.165) is 0 Å². The zero-order valence-electron chi connectivity index (χ0n) is 19.6. The van der Waals surface area contributed by atoms with Crippen molar-refractivity contribution in [3.8, 4) is 11.1 Å². The van der Waals surface area contributed by atoms with Gasteiger partial charge in [0, 0.05) is 34.8 Å². The van der Waals surface area contributed by atoms with Gasteiger partial charge in [0.05, 0.1) is 0 Å². The van der Waals surface area contributed by atoms with Crippen molar-refractivity contribution in [1.29, 1.82) is 0 Å². The first-order valence-corrected chi connectivity index (χ1v) is 11.2. The Kier molecular flexibility index (Phi) is 3.89. The van der Waals surface area contributed by atoms with Gasteiger partial charge in [0.15, 0.2) is 0 Å². The van der Waals surface area contributed by atoms with Crippen LogP contribution in [0.4, 0.5) is 0 Å². The van der Waals surface area contributed by atoms with Gasteiger partial charge in [0.25, 0.3) is 0 Å². The molecule has 0 aliphatic heterocycles. The molecule has 0 spiro atoms. The summed E-state index contributed by atoms with van der Waals surface area (Å²) in [6.07, 6.45) is 0. The van der Waals surface area contributed by atoms with E-state index in [2.05, 4.69) is 109 Å². The Labute approximate surface area is 180 Å². The maximum atomic E-state index is 2.46. The maximum absolute atomic E-state index is 2.46. The lowest BCUT2D eigenvalue weighted by Gasteiger charge is -2.20. The first kappa shape index (κ1) is 19.4. The van der Waals surface area contributed by atoms with E-state index in [4.69, 9.17) is 0 Å². The van der Waals surface area contributed by atoms with Gasteiger partial charge in [-0.3, -0.25) is 0 Å². The zero-order chi connectivity index (χ0) is 21.6. The Morgan fingerprint density at radius 1 is 0.633 bits per heavy atom. The van der Waals surface area contributed by atoms with Crippen LogP contribution in [0.1, 0.15) is 76.6 Å². The third-order valence-electron chi connectivity index (χ3n) is 7.19.